The van der Waals surface area contributed by atoms with Crippen molar-refractivity contribution in [3.05, 3.63) is 42.0 Å². The Morgan fingerprint density at radius 1 is 1.50 bits per heavy atom. The van der Waals surface area contributed by atoms with Gasteiger partial charge in [-0.3, -0.25) is 0 Å². The second-order valence-corrected chi connectivity index (χ2v) is 3.79. The largest absolute Gasteiger partial charge is 0.495 e. The number of hydrogen-bond acceptors (Lipinski definition) is 4. The van der Waals surface area contributed by atoms with Crippen molar-refractivity contribution in [3.8, 4) is 11.4 Å². The van der Waals surface area contributed by atoms with Gasteiger partial charge in [0.05, 0.1) is 24.8 Å². The van der Waals surface area contributed by atoms with Gasteiger partial charge in [-0.2, -0.15) is 0 Å². The standard InChI is InChI=1S/C12H14N4O2/c1-8-6-16(7-14-8)10-4-3-9(12(13)15-17)5-11(10)18-2/h3-7,17H,1-2H3,(H2,13,15). The van der Waals surface area contributed by atoms with Gasteiger partial charge in [-0.25, -0.2) is 4.98 Å². The predicted octanol–water partition coefficient (Wildman–Crippen LogP) is 1.28. The van der Waals surface area contributed by atoms with E-state index in [1.807, 2.05) is 23.8 Å². The van der Waals surface area contributed by atoms with E-state index < -0.39 is 0 Å². The Morgan fingerprint density at radius 3 is 2.83 bits per heavy atom. The minimum atomic E-state index is 0.0432. The van der Waals surface area contributed by atoms with Crippen molar-refractivity contribution >= 4 is 5.84 Å². The molecule has 0 aliphatic heterocycles. The molecule has 0 radical (unpaired) electrons. The van der Waals surface area contributed by atoms with Crippen LogP contribution in [0.5, 0.6) is 5.75 Å². The number of aromatic nitrogens is 2. The van der Waals surface area contributed by atoms with Gasteiger partial charge in [0, 0.05) is 11.8 Å². The summed E-state index contributed by atoms with van der Waals surface area (Å²) in [6.45, 7) is 1.91. The number of ether oxygens (including phenoxy) is 1. The second kappa shape index (κ2) is 4.79. The lowest BCUT2D eigenvalue weighted by atomic mass is 10.1. The summed E-state index contributed by atoms with van der Waals surface area (Å²) in [6, 6.07) is 5.29. The average Bonchev–Trinajstić information content (AvgIpc) is 2.83. The Morgan fingerprint density at radius 2 is 2.28 bits per heavy atom. The fraction of sp³-hybridized carbons (Fsp3) is 0.167. The minimum Gasteiger partial charge on any atom is -0.495 e. The highest BCUT2D eigenvalue weighted by Crippen LogP contribution is 2.24. The number of benzene rings is 1. The van der Waals surface area contributed by atoms with Crippen LogP contribution in [-0.2, 0) is 0 Å². The maximum absolute atomic E-state index is 8.65. The number of methoxy groups -OCH3 is 1. The Balaban J connectivity index is 2.50. The molecule has 0 unspecified atom stereocenters. The van der Waals surface area contributed by atoms with Gasteiger partial charge in [-0.15, -0.1) is 0 Å². The van der Waals surface area contributed by atoms with E-state index in [0.29, 0.717) is 11.3 Å². The molecule has 0 aliphatic rings. The number of imidazole rings is 1. The Bertz CT molecular complexity index is 590. The number of amidine groups is 1. The van der Waals surface area contributed by atoms with Crippen molar-refractivity contribution in [2.24, 2.45) is 10.9 Å². The topological polar surface area (TPSA) is 85.7 Å². The molecule has 6 nitrogen and oxygen atoms in total. The molecule has 2 rings (SSSR count). The number of rotatable bonds is 3. The molecule has 94 valence electrons. The van der Waals surface area contributed by atoms with Crippen LogP contribution in [0.4, 0.5) is 0 Å². The quantitative estimate of drug-likeness (QED) is 0.370. The highest BCUT2D eigenvalue weighted by Gasteiger charge is 2.09. The Labute approximate surface area is 104 Å². The molecule has 18 heavy (non-hydrogen) atoms. The first kappa shape index (κ1) is 12.0. The first-order valence-corrected chi connectivity index (χ1v) is 5.32. The van der Waals surface area contributed by atoms with Crippen LogP contribution < -0.4 is 10.5 Å². The third kappa shape index (κ3) is 2.13. The third-order valence-electron chi connectivity index (χ3n) is 2.57. The van der Waals surface area contributed by atoms with E-state index in [1.165, 1.54) is 0 Å². The summed E-state index contributed by atoms with van der Waals surface area (Å²) < 4.78 is 7.15. The van der Waals surface area contributed by atoms with E-state index in [-0.39, 0.29) is 5.84 Å². The molecular weight excluding hydrogens is 232 g/mol. The molecule has 0 atom stereocenters. The molecule has 0 spiro atoms. The van der Waals surface area contributed by atoms with Crippen molar-refractivity contribution in [2.45, 2.75) is 6.92 Å². The molecule has 0 aliphatic carbocycles. The zero-order valence-corrected chi connectivity index (χ0v) is 10.2. The molecule has 0 fully saturated rings. The highest BCUT2D eigenvalue weighted by atomic mass is 16.5. The first-order chi connectivity index (χ1) is 8.65. The third-order valence-corrected chi connectivity index (χ3v) is 2.57. The lowest BCUT2D eigenvalue weighted by Gasteiger charge is -2.10. The summed E-state index contributed by atoms with van der Waals surface area (Å²) in [4.78, 5) is 4.16. The van der Waals surface area contributed by atoms with Crippen LogP contribution in [0.1, 0.15) is 11.3 Å². The van der Waals surface area contributed by atoms with E-state index in [0.717, 1.165) is 11.4 Å². The zero-order chi connectivity index (χ0) is 13.1. The van der Waals surface area contributed by atoms with Gasteiger partial charge in [-0.05, 0) is 25.1 Å². The summed E-state index contributed by atoms with van der Waals surface area (Å²) in [5.74, 6) is 0.665. The fourth-order valence-corrected chi connectivity index (χ4v) is 1.66. The van der Waals surface area contributed by atoms with Crippen molar-refractivity contribution in [2.75, 3.05) is 7.11 Å². The summed E-state index contributed by atoms with van der Waals surface area (Å²) in [5.41, 5.74) is 7.88. The minimum absolute atomic E-state index is 0.0432. The van der Waals surface area contributed by atoms with Crippen molar-refractivity contribution in [3.63, 3.8) is 0 Å². The van der Waals surface area contributed by atoms with Crippen LogP contribution in [0.2, 0.25) is 0 Å². The summed E-state index contributed by atoms with van der Waals surface area (Å²) >= 11 is 0. The molecule has 6 heteroatoms. The van der Waals surface area contributed by atoms with E-state index in [1.54, 1.807) is 25.6 Å². The molecule has 0 saturated heterocycles. The van der Waals surface area contributed by atoms with Crippen LogP contribution in [0.15, 0.2) is 35.9 Å². The highest BCUT2D eigenvalue weighted by molar-refractivity contribution is 5.97. The molecule has 0 bridgehead atoms. The van der Waals surface area contributed by atoms with Crippen molar-refractivity contribution in [1.82, 2.24) is 9.55 Å². The Kier molecular flexibility index (Phi) is 3.18. The molecule has 0 saturated carbocycles. The van der Waals surface area contributed by atoms with Gasteiger partial charge in [0.1, 0.15) is 5.75 Å². The van der Waals surface area contributed by atoms with E-state index in [9.17, 15) is 0 Å². The number of aryl methyl sites for hydroxylation is 1. The van der Waals surface area contributed by atoms with Gasteiger partial charge in [0.25, 0.3) is 0 Å². The van der Waals surface area contributed by atoms with E-state index >= 15 is 0 Å². The van der Waals surface area contributed by atoms with Crippen LogP contribution in [-0.4, -0.2) is 27.7 Å². The van der Waals surface area contributed by atoms with Gasteiger partial charge >= 0.3 is 0 Å². The van der Waals surface area contributed by atoms with Crippen LogP contribution in [0, 0.1) is 6.92 Å². The number of nitrogens with zero attached hydrogens (tertiary/aromatic N) is 3. The number of hydrogen-bond donors (Lipinski definition) is 2. The Hall–Kier alpha value is -2.50. The fourth-order valence-electron chi connectivity index (χ4n) is 1.66. The second-order valence-electron chi connectivity index (χ2n) is 3.79. The van der Waals surface area contributed by atoms with Gasteiger partial charge in [0.2, 0.25) is 0 Å². The molecule has 1 aromatic heterocycles. The molecule has 1 aromatic carbocycles. The molecule has 1 heterocycles. The van der Waals surface area contributed by atoms with Crippen molar-refractivity contribution in [1.29, 1.82) is 0 Å². The molecular formula is C12H14N4O2. The smallest absolute Gasteiger partial charge is 0.170 e. The monoisotopic (exact) mass is 246 g/mol. The summed E-state index contributed by atoms with van der Waals surface area (Å²) in [7, 11) is 1.57. The first-order valence-electron chi connectivity index (χ1n) is 5.32. The molecule has 2 aromatic rings. The predicted molar refractivity (Wildman–Crippen MR) is 67.4 cm³/mol. The van der Waals surface area contributed by atoms with Gasteiger partial charge in [-0.1, -0.05) is 5.16 Å². The summed E-state index contributed by atoms with van der Waals surface area (Å²) in [6.07, 6.45) is 3.59. The molecule has 3 N–H and O–H groups in total. The number of nitrogens with two attached hydrogens (primary N) is 1. The lowest BCUT2D eigenvalue weighted by Crippen LogP contribution is -2.13. The van der Waals surface area contributed by atoms with Crippen molar-refractivity contribution < 1.29 is 9.94 Å². The molecule has 0 amide bonds. The van der Waals surface area contributed by atoms with Crippen LogP contribution in [0.25, 0.3) is 5.69 Å². The normalized spacial score (nSPS) is 11.6. The van der Waals surface area contributed by atoms with Crippen LogP contribution >= 0.6 is 0 Å². The van der Waals surface area contributed by atoms with Crippen LogP contribution in [0.3, 0.4) is 0 Å². The SMILES string of the molecule is COc1cc(/C(N)=N/O)ccc1-n1cnc(C)c1. The maximum Gasteiger partial charge on any atom is 0.170 e. The van der Waals surface area contributed by atoms with Gasteiger partial charge < -0.3 is 20.2 Å². The van der Waals surface area contributed by atoms with E-state index in [4.69, 9.17) is 15.7 Å². The maximum atomic E-state index is 8.65. The van der Waals surface area contributed by atoms with Gasteiger partial charge in [0.15, 0.2) is 5.84 Å². The number of oxime groups is 1. The average molecular weight is 246 g/mol. The summed E-state index contributed by atoms with van der Waals surface area (Å²) in [5, 5.41) is 11.6. The van der Waals surface area contributed by atoms with E-state index in [2.05, 4.69) is 10.1 Å². The zero-order valence-electron chi connectivity index (χ0n) is 10.2. The lowest BCUT2D eigenvalue weighted by molar-refractivity contribution is 0.318.